The Morgan fingerprint density at radius 3 is 2.67 bits per heavy atom. The molecular weight excluding hydrogens is 362 g/mol. The van der Waals surface area contributed by atoms with E-state index in [-0.39, 0.29) is 18.7 Å². The summed E-state index contributed by atoms with van der Waals surface area (Å²) in [6, 6.07) is 12.2. The van der Waals surface area contributed by atoms with Gasteiger partial charge in [0.15, 0.2) is 0 Å². The highest BCUT2D eigenvalue weighted by molar-refractivity contribution is 7.09. The van der Waals surface area contributed by atoms with Crippen molar-refractivity contribution in [2.75, 3.05) is 0 Å². The lowest BCUT2D eigenvalue weighted by atomic mass is 9.78. The quantitative estimate of drug-likeness (QED) is 0.522. The molecule has 1 amide bonds. The summed E-state index contributed by atoms with van der Waals surface area (Å²) < 4.78 is 0. The van der Waals surface area contributed by atoms with Gasteiger partial charge in [0.1, 0.15) is 10.4 Å². The molecule has 27 heavy (non-hydrogen) atoms. The maximum Gasteiger partial charge on any atom is 0.331 e. The van der Waals surface area contributed by atoms with Crippen LogP contribution >= 0.6 is 11.3 Å². The number of hydrogen-bond acceptors (Lipinski definition) is 6. The minimum atomic E-state index is -0.770. The molecule has 1 atom stereocenters. The Morgan fingerprint density at radius 2 is 2.04 bits per heavy atom. The number of nitriles is 1. The fourth-order valence-corrected chi connectivity index (χ4v) is 3.63. The van der Waals surface area contributed by atoms with Crippen molar-refractivity contribution in [2.24, 2.45) is 0 Å². The van der Waals surface area contributed by atoms with Gasteiger partial charge in [0.05, 0.1) is 6.07 Å². The van der Waals surface area contributed by atoms with Crippen LogP contribution in [-0.4, -0.2) is 16.9 Å². The Labute approximate surface area is 163 Å². The predicted octanol–water partition coefficient (Wildman–Crippen LogP) is 3.89. The van der Waals surface area contributed by atoms with E-state index in [2.05, 4.69) is 21.4 Å². The zero-order valence-corrected chi connectivity index (χ0v) is 16.1. The number of carbonyl (C=O) groups is 2. The number of benzene rings is 1. The second kappa shape index (κ2) is 10.4. The molecule has 0 aliphatic rings. The number of rotatable bonds is 9. The van der Waals surface area contributed by atoms with Crippen LogP contribution in [0.1, 0.15) is 56.0 Å². The van der Waals surface area contributed by atoms with Gasteiger partial charge in [0.2, 0.25) is 0 Å². The van der Waals surface area contributed by atoms with E-state index in [0.717, 1.165) is 23.4 Å². The van der Waals surface area contributed by atoms with Gasteiger partial charge in [-0.15, -0.1) is 11.3 Å². The van der Waals surface area contributed by atoms with Crippen LogP contribution in [-0.2, 0) is 19.8 Å². The molecule has 2 rings (SSSR count). The molecule has 0 saturated carbocycles. The first kappa shape index (κ1) is 20.6. The zero-order chi connectivity index (χ0) is 19.5. The number of unbranched alkanes of at least 4 members (excludes halogenated alkanes) is 2. The second-order valence-electron chi connectivity index (χ2n) is 6.13. The predicted molar refractivity (Wildman–Crippen MR) is 103 cm³/mol. The van der Waals surface area contributed by atoms with E-state index in [1.807, 2.05) is 35.7 Å². The number of aromatic nitrogens is 1. The molecular formula is C20H23N3O3S. The summed E-state index contributed by atoms with van der Waals surface area (Å²) in [4.78, 5) is 31.6. The highest BCUT2D eigenvalue weighted by Gasteiger charge is 2.36. The van der Waals surface area contributed by atoms with E-state index in [9.17, 15) is 14.9 Å². The first-order valence-corrected chi connectivity index (χ1v) is 9.85. The maximum atomic E-state index is 11.6. The summed E-state index contributed by atoms with van der Waals surface area (Å²) in [6.07, 6.45) is 5.07. The monoisotopic (exact) mass is 385 g/mol. The van der Waals surface area contributed by atoms with Crippen molar-refractivity contribution in [3.8, 4) is 6.07 Å². The molecule has 0 spiro atoms. The molecule has 0 radical (unpaired) electrons. The highest BCUT2D eigenvalue weighted by Crippen LogP contribution is 2.37. The molecule has 1 aromatic heterocycles. The van der Waals surface area contributed by atoms with Crippen molar-refractivity contribution in [1.82, 2.24) is 10.5 Å². The summed E-state index contributed by atoms with van der Waals surface area (Å²) in [6.45, 7) is 1.66. The van der Waals surface area contributed by atoms with Crippen LogP contribution in [0.25, 0.3) is 0 Å². The van der Waals surface area contributed by atoms with Crippen molar-refractivity contribution >= 4 is 23.2 Å². The van der Waals surface area contributed by atoms with Crippen LogP contribution in [0.2, 0.25) is 0 Å². The molecule has 1 N–H and O–H groups in total. The molecule has 0 aliphatic carbocycles. The summed E-state index contributed by atoms with van der Waals surface area (Å²) in [7, 11) is 0. The third-order valence-electron chi connectivity index (χ3n) is 4.28. The van der Waals surface area contributed by atoms with Crippen LogP contribution in [0.15, 0.2) is 41.9 Å². The van der Waals surface area contributed by atoms with Crippen LogP contribution in [0.4, 0.5) is 0 Å². The van der Waals surface area contributed by atoms with Gasteiger partial charge in [0, 0.05) is 24.4 Å². The van der Waals surface area contributed by atoms with Crippen molar-refractivity contribution in [1.29, 1.82) is 5.26 Å². The smallest absolute Gasteiger partial charge is 0.331 e. The molecule has 0 saturated heterocycles. The topological polar surface area (TPSA) is 92.1 Å². The van der Waals surface area contributed by atoms with E-state index in [1.165, 1.54) is 11.3 Å². The number of amides is 1. The number of hydrogen-bond donors (Lipinski definition) is 1. The largest absolute Gasteiger partial charge is 0.341 e. The molecule has 0 fully saturated rings. The number of hydroxylamine groups is 1. The van der Waals surface area contributed by atoms with Crippen LogP contribution in [0.3, 0.4) is 0 Å². The molecule has 142 valence electrons. The molecule has 6 nitrogen and oxygen atoms in total. The van der Waals surface area contributed by atoms with Crippen LogP contribution < -0.4 is 5.48 Å². The molecule has 7 heteroatoms. The first-order chi connectivity index (χ1) is 13.1. The van der Waals surface area contributed by atoms with Crippen molar-refractivity contribution in [3.05, 3.63) is 52.5 Å². The normalized spacial score (nSPS) is 12.6. The first-order valence-electron chi connectivity index (χ1n) is 8.97. The van der Waals surface area contributed by atoms with Gasteiger partial charge in [0.25, 0.3) is 5.91 Å². The zero-order valence-electron chi connectivity index (χ0n) is 15.3. The van der Waals surface area contributed by atoms with Gasteiger partial charge in [-0.2, -0.15) is 10.7 Å². The van der Waals surface area contributed by atoms with E-state index < -0.39 is 11.4 Å². The molecule has 2 aromatic rings. The van der Waals surface area contributed by atoms with Gasteiger partial charge in [-0.1, -0.05) is 50.1 Å². The van der Waals surface area contributed by atoms with E-state index in [1.54, 1.807) is 13.1 Å². The summed E-state index contributed by atoms with van der Waals surface area (Å²) in [5, 5.41) is 12.7. The number of carbonyl (C=O) groups excluding carboxylic acids is 2. The standard InChI is InChI=1S/C20H23N3O3S/c1-2-18(25)26-23-17(24)11-7-4-8-12-20(15-21,19-22-13-14-27-19)16-9-5-3-6-10-16/h3,5-6,9-10,13-14H,2,4,7-8,11-12H2,1H3,(H,23,24). The Bertz CT molecular complexity index is 772. The molecule has 0 bridgehead atoms. The SMILES string of the molecule is CCC(=O)ONC(=O)CCCCCC(C#N)(c1ccccc1)c1nccs1. The third kappa shape index (κ3) is 5.63. The van der Waals surface area contributed by atoms with Crippen LogP contribution in [0, 0.1) is 11.3 Å². The molecule has 0 aliphatic heterocycles. The Kier molecular flexibility index (Phi) is 7.96. The second-order valence-corrected chi connectivity index (χ2v) is 7.03. The van der Waals surface area contributed by atoms with Crippen molar-refractivity contribution in [2.45, 2.75) is 50.9 Å². The molecule has 1 unspecified atom stereocenters. The summed E-state index contributed by atoms with van der Waals surface area (Å²) >= 11 is 1.48. The Hall–Kier alpha value is -2.72. The number of nitrogens with one attached hydrogen (secondary N) is 1. The van der Waals surface area contributed by atoms with Crippen molar-refractivity contribution < 1.29 is 14.4 Å². The number of nitrogens with zero attached hydrogens (tertiary/aromatic N) is 2. The molecule has 1 aromatic carbocycles. The summed E-state index contributed by atoms with van der Waals surface area (Å²) in [5.74, 6) is -0.778. The van der Waals surface area contributed by atoms with Gasteiger partial charge >= 0.3 is 5.97 Å². The van der Waals surface area contributed by atoms with Gasteiger partial charge < -0.3 is 4.84 Å². The highest BCUT2D eigenvalue weighted by atomic mass is 32.1. The lowest BCUT2D eigenvalue weighted by Gasteiger charge is -2.25. The van der Waals surface area contributed by atoms with Crippen molar-refractivity contribution in [3.63, 3.8) is 0 Å². The van der Waals surface area contributed by atoms with E-state index in [0.29, 0.717) is 12.8 Å². The molecule has 1 heterocycles. The maximum absolute atomic E-state index is 11.6. The van der Waals surface area contributed by atoms with E-state index >= 15 is 0 Å². The average Bonchev–Trinajstić information content (AvgIpc) is 3.25. The summed E-state index contributed by atoms with van der Waals surface area (Å²) in [5.41, 5.74) is 2.32. The lowest BCUT2D eigenvalue weighted by molar-refractivity contribution is -0.158. The third-order valence-corrected chi connectivity index (χ3v) is 5.21. The number of thiazole rings is 1. The van der Waals surface area contributed by atoms with Gasteiger partial charge in [-0.05, 0) is 18.4 Å². The van der Waals surface area contributed by atoms with Crippen LogP contribution in [0.5, 0.6) is 0 Å². The van der Waals surface area contributed by atoms with E-state index in [4.69, 9.17) is 0 Å². The minimum absolute atomic E-state index is 0.215. The average molecular weight is 385 g/mol. The fraction of sp³-hybridized carbons (Fsp3) is 0.400. The minimum Gasteiger partial charge on any atom is -0.341 e. The van der Waals surface area contributed by atoms with Gasteiger partial charge in [-0.3, -0.25) is 4.79 Å². The fourth-order valence-electron chi connectivity index (χ4n) is 2.79. The Morgan fingerprint density at radius 1 is 1.26 bits per heavy atom. The Balaban J connectivity index is 1.90. The lowest BCUT2D eigenvalue weighted by Crippen LogP contribution is -2.26. The van der Waals surface area contributed by atoms with Gasteiger partial charge in [-0.25, -0.2) is 9.78 Å².